The van der Waals surface area contributed by atoms with Crippen molar-refractivity contribution in [3.05, 3.63) is 0 Å². The van der Waals surface area contributed by atoms with Crippen molar-refractivity contribution >= 4 is 16.9 Å². The molecule has 0 aliphatic rings. The second kappa shape index (κ2) is 7.58. The Morgan fingerprint density at radius 2 is 2.08 bits per heavy atom. The summed E-state index contributed by atoms with van der Waals surface area (Å²) in [5.74, 6) is 0.728. The molecule has 71 valence electrons. The third-order valence-corrected chi connectivity index (χ3v) is 2.30. The van der Waals surface area contributed by atoms with E-state index in [0.29, 0.717) is 12.4 Å². The first kappa shape index (κ1) is 11.9. The fourth-order valence-electron chi connectivity index (χ4n) is 0.529. The van der Waals surface area contributed by atoms with Crippen LogP contribution in [0, 0.1) is 5.92 Å². The van der Waals surface area contributed by atoms with E-state index >= 15 is 0 Å². The molecule has 0 aliphatic carbocycles. The highest BCUT2D eigenvalue weighted by Crippen LogP contribution is 2.09. The summed E-state index contributed by atoms with van der Waals surface area (Å²) in [5, 5.41) is 10.1. The summed E-state index contributed by atoms with van der Waals surface area (Å²) < 4.78 is 4.93. The van der Waals surface area contributed by atoms with Gasteiger partial charge in [-0.3, -0.25) is 4.79 Å². The van der Waals surface area contributed by atoms with Gasteiger partial charge in [-0.25, -0.2) is 5.11 Å². The lowest BCUT2D eigenvalue weighted by Crippen LogP contribution is -2.07. The first-order valence-corrected chi connectivity index (χ1v) is 4.99. The van der Waals surface area contributed by atoms with E-state index < -0.39 is 0 Å². The predicted octanol–water partition coefficient (Wildman–Crippen LogP) is 1.35. The smallest absolute Gasteiger partial charge is 0.191 e. The van der Waals surface area contributed by atoms with Crippen LogP contribution in [0.3, 0.4) is 0 Å². The van der Waals surface area contributed by atoms with Crippen molar-refractivity contribution in [2.45, 2.75) is 13.8 Å². The summed E-state index contributed by atoms with van der Waals surface area (Å²) in [4.78, 5) is 11.0. The summed E-state index contributed by atoms with van der Waals surface area (Å²) in [7, 11) is 0. The maximum Gasteiger partial charge on any atom is 0.191 e. The maximum absolute atomic E-state index is 11.0. The molecule has 0 spiro atoms. The van der Waals surface area contributed by atoms with Crippen LogP contribution < -0.4 is 0 Å². The summed E-state index contributed by atoms with van der Waals surface area (Å²) in [6.45, 7) is 4.27. The zero-order valence-corrected chi connectivity index (χ0v) is 8.36. The molecule has 0 N–H and O–H groups in total. The van der Waals surface area contributed by atoms with E-state index in [9.17, 15) is 9.90 Å². The number of carbonyl (C=O) groups is 1. The molecular formula is C8H15O3S. The Kier molecular flexibility index (Phi) is 7.54. The lowest BCUT2D eigenvalue weighted by Gasteiger charge is -2.03. The molecule has 0 rings (SSSR count). The molecule has 0 atom stereocenters. The summed E-state index contributed by atoms with van der Waals surface area (Å²) in [6.07, 6.45) is 0. The van der Waals surface area contributed by atoms with Crippen molar-refractivity contribution in [3.63, 3.8) is 0 Å². The molecule has 4 heteroatoms. The van der Waals surface area contributed by atoms with Gasteiger partial charge in [-0.2, -0.15) is 0 Å². The average Bonchev–Trinajstić information content (AvgIpc) is 2.03. The Labute approximate surface area is 77.5 Å². The average molecular weight is 191 g/mol. The van der Waals surface area contributed by atoms with Crippen LogP contribution in [0.2, 0.25) is 0 Å². The molecule has 12 heavy (non-hydrogen) atoms. The van der Waals surface area contributed by atoms with Crippen molar-refractivity contribution in [1.29, 1.82) is 0 Å². The van der Waals surface area contributed by atoms with Gasteiger partial charge in [0, 0.05) is 11.7 Å². The van der Waals surface area contributed by atoms with Crippen molar-refractivity contribution < 1.29 is 14.6 Å². The van der Waals surface area contributed by atoms with Gasteiger partial charge in [0.15, 0.2) is 5.12 Å². The fraction of sp³-hybridized carbons (Fsp3) is 0.875. The van der Waals surface area contributed by atoms with Crippen LogP contribution in [0.5, 0.6) is 0 Å². The van der Waals surface area contributed by atoms with Crippen LogP contribution in [0.1, 0.15) is 13.8 Å². The largest absolute Gasteiger partial charge is 0.378 e. The van der Waals surface area contributed by atoms with E-state index in [0.717, 1.165) is 0 Å². The van der Waals surface area contributed by atoms with Gasteiger partial charge in [0.25, 0.3) is 0 Å². The van der Waals surface area contributed by atoms with Gasteiger partial charge >= 0.3 is 0 Å². The Bertz CT molecular complexity index is 125. The maximum atomic E-state index is 11.0. The molecule has 0 saturated heterocycles. The molecule has 0 aliphatic heterocycles. The monoisotopic (exact) mass is 191 g/mol. The van der Waals surface area contributed by atoms with E-state index in [2.05, 4.69) is 0 Å². The van der Waals surface area contributed by atoms with Crippen molar-refractivity contribution in [2.24, 2.45) is 5.92 Å². The lowest BCUT2D eigenvalue weighted by molar-refractivity contribution is -0.113. The highest BCUT2D eigenvalue weighted by atomic mass is 32.2. The third-order valence-electron chi connectivity index (χ3n) is 1.17. The zero-order valence-electron chi connectivity index (χ0n) is 7.54. The first-order chi connectivity index (χ1) is 5.68. The molecule has 0 amide bonds. The van der Waals surface area contributed by atoms with Crippen LogP contribution in [0.15, 0.2) is 0 Å². The summed E-state index contributed by atoms with van der Waals surface area (Å²) in [5.41, 5.74) is 0. The summed E-state index contributed by atoms with van der Waals surface area (Å²) in [6, 6.07) is 0. The van der Waals surface area contributed by atoms with Crippen LogP contribution in [0.4, 0.5) is 0 Å². The molecule has 0 fully saturated rings. The number of rotatable bonds is 6. The molecule has 0 unspecified atom stereocenters. The van der Waals surface area contributed by atoms with Gasteiger partial charge in [-0.15, -0.1) is 0 Å². The van der Waals surface area contributed by atoms with E-state index in [1.54, 1.807) is 0 Å². The molecule has 1 radical (unpaired) electrons. The van der Waals surface area contributed by atoms with E-state index in [1.807, 2.05) is 13.8 Å². The van der Waals surface area contributed by atoms with E-state index in [1.165, 1.54) is 11.8 Å². The molecule has 0 bridgehead atoms. The molecule has 0 aromatic rings. The number of hydrogen-bond acceptors (Lipinski definition) is 3. The third kappa shape index (κ3) is 6.64. The SMILES string of the molecule is CC(C)C(=O)SCCOCC[O]. The molecular weight excluding hydrogens is 176 g/mol. The number of ether oxygens (including phenoxy) is 1. The lowest BCUT2D eigenvalue weighted by atomic mass is 10.3. The quantitative estimate of drug-likeness (QED) is 0.595. The Morgan fingerprint density at radius 1 is 1.42 bits per heavy atom. The van der Waals surface area contributed by atoms with Crippen LogP contribution in [0.25, 0.3) is 0 Å². The van der Waals surface area contributed by atoms with Gasteiger partial charge in [-0.05, 0) is 0 Å². The topological polar surface area (TPSA) is 46.2 Å². The zero-order chi connectivity index (χ0) is 9.40. The van der Waals surface area contributed by atoms with Gasteiger partial charge in [0.05, 0.1) is 13.2 Å². The van der Waals surface area contributed by atoms with E-state index in [-0.39, 0.29) is 24.2 Å². The van der Waals surface area contributed by atoms with E-state index in [4.69, 9.17) is 4.74 Å². The predicted molar refractivity (Wildman–Crippen MR) is 48.7 cm³/mol. The normalized spacial score (nSPS) is 10.7. The molecule has 0 aromatic carbocycles. The first-order valence-electron chi connectivity index (χ1n) is 4.01. The molecule has 0 saturated carbocycles. The van der Waals surface area contributed by atoms with Crippen LogP contribution in [-0.4, -0.2) is 30.7 Å². The second-order valence-corrected chi connectivity index (χ2v) is 3.74. The van der Waals surface area contributed by atoms with Crippen LogP contribution in [-0.2, 0) is 14.6 Å². The van der Waals surface area contributed by atoms with Crippen molar-refractivity contribution in [1.82, 2.24) is 0 Å². The second-order valence-electron chi connectivity index (χ2n) is 2.64. The van der Waals surface area contributed by atoms with Crippen molar-refractivity contribution in [2.75, 3.05) is 25.6 Å². The molecule has 0 heterocycles. The Hall–Kier alpha value is -0.0600. The molecule has 3 nitrogen and oxygen atoms in total. The number of hydrogen-bond donors (Lipinski definition) is 0. The van der Waals surface area contributed by atoms with Gasteiger partial charge in [0.1, 0.15) is 6.61 Å². The minimum atomic E-state index is -0.206. The minimum absolute atomic E-state index is 0.0782. The summed E-state index contributed by atoms with van der Waals surface area (Å²) >= 11 is 1.27. The Morgan fingerprint density at radius 3 is 2.58 bits per heavy atom. The Balaban J connectivity index is 3.14. The highest BCUT2D eigenvalue weighted by molar-refractivity contribution is 8.13. The van der Waals surface area contributed by atoms with Gasteiger partial charge < -0.3 is 4.74 Å². The van der Waals surface area contributed by atoms with Crippen molar-refractivity contribution in [3.8, 4) is 0 Å². The molecule has 0 aromatic heterocycles. The van der Waals surface area contributed by atoms with Gasteiger partial charge in [-0.1, -0.05) is 25.6 Å². The highest BCUT2D eigenvalue weighted by Gasteiger charge is 2.06. The standard InChI is InChI=1S/C8H15O3S/c1-7(2)8(10)12-6-5-11-4-3-9/h7H,3-6H2,1-2H3. The van der Waals surface area contributed by atoms with Gasteiger partial charge in [0.2, 0.25) is 0 Å². The number of carbonyl (C=O) groups excluding carboxylic acids is 1. The van der Waals surface area contributed by atoms with Crippen LogP contribution >= 0.6 is 11.8 Å². The number of thioether (sulfide) groups is 1. The fourth-order valence-corrected chi connectivity index (χ4v) is 1.26. The minimum Gasteiger partial charge on any atom is -0.378 e.